The number of carbonyl (C=O) groups is 2. The van der Waals surface area contributed by atoms with Crippen LogP contribution in [0, 0.1) is 0 Å². The van der Waals surface area contributed by atoms with E-state index in [1.165, 1.54) is 0 Å². The molecule has 0 aromatic heterocycles. The van der Waals surface area contributed by atoms with Crippen LogP contribution in [0.2, 0.25) is 5.02 Å². The molecule has 184 valence electrons. The minimum absolute atomic E-state index is 0.0941. The molecule has 1 fully saturated rings. The fourth-order valence-electron chi connectivity index (χ4n) is 4.29. The molecule has 1 aromatic carbocycles. The smallest absolute Gasteiger partial charge is 0.260 e. The van der Waals surface area contributed by atoms with Gasteiger partial charge in [-0.25, -0.2) is 5.43 Å². The van der Waals surface area contributed by atoms with Crippen LogP contribution in [0.5, 0.6) is 0 Å². The average Bonchev–Trinajstić information content (AvgIpc) is 3.28. The van der Waals surface area contributed by atoms with E-state index in [0.29, 0.717) is 37.5 Å². The monoisotopic (exact) mass is 485 g/mol. The SMILES string of the molecule is CCN(C)C(=O)CCN1CCC[C@@H]1CN1NC(Cc2ccc(Cl)cc2)/C(C)=C/N=C/C=C/C1=O. The molecule has 3 rings (SSSR count). The number of amides is 2. The van der Waals surface area contributed by atoms with Crippen molar-refractivity contribution in [3.05, 3.63) is 58.8 Å². The van der Waals surface area contributed by atoms with Gasteiger partial charge in [-0.3, -0.25) is 24.5 Å². The van der Waals surface area contributed by atoms with E-state index in [1.54, 1.807) is 28.3 Å². The van der Waals surface area contributed by atoms with Gasteiger partial charge < -0.3 is 4.90 Å². The zero-order valence-corrected chi connectivity index (χ0v) is 21.2. The normalized spacial score (nSPS) is 25.0. The van der Waals surface area contributed by atoms with Crippen LogP contribution < -0.4 is 5.43 Å². The molecule has 34 heavy (non-hydrogen) atoms. The van der Waals surface area contributed by atoms with Crippen molar-refractivity contribution >= 4 is 29.6 Å². The second-order valence-electron chi connectivity index (χ2n) is 8.98. The van der Waals surface area contributed by atoms with Crippen LogP contribution in [0.15, 0.2) is 53.2 Å². The van der Waals surface area contributed by atoms with E-state index < -0.39 is 0 Å². The van der Waals surface area contributed by atoms with Gasteiger partial charge in [-0.15, -0.1) is 0 Å². The zero-order valence-electron chi connectivity index (χ0n) is 20.4. The Labute approximate surface area is 208 Å². The Kier molecular flexibility index (Phi) is 9.86. The fourth-order valence-corrected chi connectivity index (χ4v) is 4.41. The molecule has 0 radical (unpaired) electrons. The first kappa shape index (κ1) is 26.1. The summed E-state index contributed by atoms with van der Waals surface area (Å²) in [6.07, 6.45) is 9.97. The summed E-state index contributed by atoms with van der Waals surface area (Å²) in [5.41, 5.74) is 5.64. The Morgan fingerprint density at radius 1 is 1.29 bits per heavy atom. The molecule has 0 bridgehead atoms. The van der Waals surface area contributed by atoms with E-state index in [9.17, 15) is 9.59 Å². The van der Waals surface area contributed by atoms with Gasteiger partial charge >= 0.3 is 0 Å². The van der Waals surface area contributed by atoms with Gasteiger partial charge in [0.25, 0.3) is 5.91 Å². The number of halogens is 1. The number of aliphatic imine (C=N–C) groups is 1. The number of benzene rings is 1. The molecule has 0 spiro atoms. The second-order valence-corrected chi connectivity index (χ2v) is 9.42. The lowest BCUT2D eigenvalue weighted by atomic mass is 10.0. The van der Waals surface area contributed by atoms with Crippen LogP contribution in [0.3, 0.4) is 0 Å². The second kappa shape index (κ2) is 12.8. The molecule has 8 heteroatoms. The van der Waals surface area contributed by atoms with E-state index in [4.69, 9.17) is 11.6 Å². The Morgan fingerprint density at radius 3 is 2.79 bits per heavy atom. The molecule has 2 aliphatic heterocycles. The third kappa shape index (κ3) is 7.52. The highest BCUT2D eigenvalue weighted by atomic mass is 35.5. The minimum Gasteiger partial charge on any atom is -0.346 e. The van der Waals surface area contributed by atoms with Gasteiger partial charge in [-0.05, 0) is 69.0 Å². The van der Waals surface area contributed by atoms with Crippen molar-refractivity contribution < 1.29 is 9.59 Å². The maximum atomic E-state index is 13.1. The number of hydrogen-bond donors (Lipinski definition) is 1. The molecule has 1 aromatic rings. The molecule has 2 atom stereocenters. The summed E-state index contributed by atoms with van der Waals surface area (Å²) in [5, 5.41) is 2.43. The number of carbonyl (C=O) groups excluding carboxylic acids is 2. The molecule has 0 aliphatic carbocycles. The highest BCUT2D eigenvalue weighted by molar-refractivity contribution is 6.30. The van der Waals surface area contributed by atoms with Crippen LogP contribution in [-0.4, -0.2) is 78.1 Å². The average molecular weight is 486 g/mol. The molecule has 2 heterocycles. The molecule has 1 unspecified atom stereocenters. The van der Waals surface area contributed by atoms with Crippen LogP contribution in [0.25, 0.3) is 0 Å². The van der Waals surface area contributed by atoms with E-state index in [0.717, 1.165) is 30.5 Å². The van der Waals surface area contributed by atoms with Crippen molar-refractivity contribution in [2.45, 2.75) is 51.6 Å². The molecular weight excluding hydrogens is 450 g/mol. The van der Waals surface area contributed by atoms with Crippen molar-refractivity contribution in [2.75, 3.05) is 33.2 Å². The molecule has 1 N–H and O–H groups in total. The van der Waals surface area contributed by atoms with Gasteiger partial charge in [0.05, 0.1) is 12.6 Å². The predicted octanol–water partition coefficient (Wildman–Crippen LogP) is 3.46. The van der Waals surface area contributed by atoms with E-state index in [2.05, 4.69) is 15.3 Å². The Hall–Kier alpha value is -2.48. The van der Waals surface area contributed by atoms with Crippen molar-refractivity contribution in [2.24, 2.45) is 4.99 Å². The van der Waals surface area contributed by atoms with Gasteiger partial charge in [-0.2, -0.15) is 0 Å². The summed E-state index contributed by atoms with van der Waals surface area (Å²) in [6.45, 7) is 6.94. The van der Waals surface area contributed by atoms with Crippen LogP contribution in [-0.2, 0) is 16.0 Å². The van der Waals surface area contributed by atoms with E-state index >= 15 is 0 Å². The van der Waals surface area contributed by atoms with Crippen LogP contribution in [0.4, 0.5) is 0 Å². The van der Waals surface area contributed by atoms with Crippen LogP contribution >= 0.6 is 11.6 Å². The summed E-state index contributed by atoms with van der Waals surface area (Å²) < 4.78 is 0. The van der Waals surface area contributed by atoms with Crippen molar-refractivity contribution in [1.82, 2.24) is 20.2 Å². The quantitative estimate of drug-likeness (QED) is 0.612. The molecule has 1 saturated heterocycles. The van der Waals surface area contributed by atoms with Crippen molar-refractivity contribution in [3.8, 4) is 0 Å². The standard InChI is InChI=1S/C26H36ClN5O2/c1-4-30(3)25(33)13-16-31-15-6-7-23(31)19-32-26(34)8-5-14-28-18-20(2)24(29-32)17-21-9-11-22(27)12-10-21/h5,8-12,14,18,23-24,29H,4,6-7,13,15-17,19H2,1-3H3/b8-5+,20-18+,28-14+/t23-,24?/m1/s1. The van der Waals surface area contributed by atoms with Crippen LogP contribution in [0.1, 0.15) is 38.7 Å². The summed E-state index contributed by atoms with van der Waals surface area (Å²) in [6, 6.07) is 7.90. The molecular formula is C26H36ClN5O2. The lowest BCUT2D eigenvalue weighted by Gasteiger charge is -2.34. The zero-order chi connectivity index (χ0) is 24.5. The number of rotatable bonds is 8. The summed E-state index contributed by atoms with van der Waals surface area (Å²) >= 11 is 6.06. The fraction of sp³-hybridized carbons (Fsp3) is 0.500. The number of hydrogen-bond acceptors (Lipinski definition) is 5. The first-order valence-corrected chi connectivity index (χ1v) is 12.4. The lowest BCUT2D eigenvalue weighted by molar-refractivity contribution is -0.132. The minimum atomic E-state index is -0.101. The summed E-state index contributed by atoms with van der Waals surface area (Å²) in [7, 11) is 1.84. The molecule has 7 nitrogen and oxygen atoms in total. The van der Waals surface area contributed by atoms with Crippen molar-refractivity contribution in [1.29, 1.82) is 0 Å². The highest BCUT2D eigenvalue weighted by Crippen LogP contribution is 2.20. The number of likely N-dealkylation sites (tertiary alicyclic amines) is 1. The van der Waals surface area contributed by atoms with Crippen molar-refractivity contribution in [3.63, 3.8) is 0 Å². The maximum Gasteiger partial charge on any atom is 0.260 e. The predicted molar refractivity (Wildman–Crippen MR) is 138 cm³/mol. The summed E-state index contributed by atoms with van der Waals surface area (Å²) in [5.74, 6) is 0.0586. The number of nitrogens with zero attached hydrogens (tertiary/aromatic N) is 4. The first-order chi connectivity index (χ1) is 16.4. The topological polar surface area (TPSA) is 68.2 Å². The van der Waals surface area contributed by atoms with Gasteiger partial charge in [0, 0.05) is 56.1 Å². The van der Waals surface area contributed by atoms with Gasteiger partial charge in [-0.1, -0.05) is 23.7 Å². The highest BCUT2D eigenvalue weighted by Gasteiger charge is 2.29. The number of allylic oxidation sites excluding steroid dienone is 1. The Balaban J connectivity index is 1.73. The molecule has 0 saturated carbocycles. The maximum absolute atomic E-state index is 13.1. The number of hydrazine groups is 1. The van der Waals surface area contributed by atoms with E-state index in [1.807, 2.05) is 51.4 Å². The molecule has 2 amide bonds. The van der Waals surface area contributed by atoms with Gasteiger partial charge in [0.1, 0.15) is 0 Å². The number of nitrogens with one attached hydrogen (secondary N) is 1. The first-order valence-electron chi connectivity index (χ1n) is 12.0. The third-order valence-electron chi connectivity index (χ3n) is 6.57. The lowest BCUT2D eigenvalue weighted by Crippen LogP contribution is -2.53. The van der Waals surface area contributed by atoms with Gasteiger partial charge in [0.2, 0.25) is 5.91 Å². The third-order valence-corrected chi connectivity index (χ3v) is 6.83. The molecule has 2 aliphatic rings. The Morgan fingerprint density at radius 2 is 2.06 bits per heavy atom. The largest absolute Gasteiger partial charge is 0.346 e. The van der Waals surface area contributed by atoms with E-state index in [-0.39, 0.29) is 23.9 Å². The van der Waals surface area contributed by atoms with Gasteiger partial charge in [0.15, 0.2) is 0 Å². The Bertz CT molecular complexity index is 928. The summed E-state index contributed by atoms with van der Waals surface area (Å²) in [4.78, 5) is 33.8.